The van der Waals surface area contributed by atoms with Gasteiger partial charge in [-0.05, 0) is 62.2 Å². The van der Waals surface area contributed by atoms with Gasteiger partial charge in [0.05, 0.1) is 5.56 Å². The summed E-state index contributed by atoms with van der Waals surface area (Å²) in [5.74, 6) is -0.961. The first kappa shape index (κ1) is 16.1. The lowest BCUT2D eigenvalue weighted by atomic mass is 10.1. The second-order valence-electron chi connectivity index (χ2n) is 5.25. The summed E-state index contributed by atoms with van der Waals surface area (Å²) in [5, 5.41) is 26.9. The summed E-state index contributed by atoms with van der Waals surface area (Å²) in [6.07, 6.45) is 1.56. The smallest absolute Gasteiger partial charge is 0.335 e. The van der Waals surface area contributed by atoms with Crippen molar-refractivity contribution in [2.45, 2.75) is 20.8 Å². The molecule has 1 N–H and O–H groups in total. The fraction of sp³-hybridized carbons (Fsp3) is 0.167. The fourth-order valence-electron chi connectivity index (χ4n) is 2.59. The maximum atomic E-state index is 11.1. The molecule has 0 atom stereocenters. The normalized spacial score (nSPS) is 9.78. The molecule has 2 rings (SSSR count). The predicted octanol–water partition coefficient (Wildman–Crippen LogP) is 3.53. The third-order valence-electron chi connectivity index (χ3n) is 3.70. The molecule has 0 radical (unpaired) electrons. The van der Waals surface area contributed by atoms with Crippen LogP contribution in [0.25, 0.3) is 11.8 Å². The second-order valence-corrected chi connectivity index (χ2v) is 5.25. The summed E-state index contributed by atoms with van der Waals surface area (Å²) in [6, 6.07) is 10.6. The van der Waals surface area contributed by atoms with Gasteiger partial charge in [0.1, 0.15) is 17.7 Å². The molecule has 0 aliphatic rings. The molecule has 0 aliphatic heterocycles. The molecule has 5 nitrogen and oxygen atoms in total. The molecule has 2 aromatic rings. The number of hydrogen-bond acceptors (Lipinski definition) is 3. The zero-order valence-corrected chi connectivity index (χ0v) is 13.1. The SMILES string of the molecule is Cc1cc(C(=O)O)ccc1-n1c(C)cc(C=C(C#N)C#N)c1C. The highest BCUT2D eigenvalue weighted by Gasteiger charge is 2.13. The van der Waals surface area contributed by atoms with Crippen LogP contribution in [0.3, 0.4) is 0 Å². The number of allylic oxidation sites excluding steroid dienone is 1. The highest BCUT2D eigenvalue weighted by atomic mass is 16.4. The number of aromatic carboxylic acids is 1. The van der Waals surface area contributed by atoms with E-state index in [2.05, 4.69) is 0 Å². The Balaban J connectivity index is 2.61. The minimum absolute atomic E-state index is 0.0446. The van der Waals surface area contributed by atoms with E-state index in [4.69, 9.17) is 15.6 Å². The minimum Gasteiger partial charge on any atom is -0.478 e. The summed E-state index contributed by atoms with van der Waals surface area (Å²) < 4.78 is 1.99. The first-order valence-electron chi connectivity index (χ1n) is 6.94. The molecule has 0 spiro atoms. The lowest BCUT2D eigenvalue weighted by Crippen LogP contribution is -2.04. The molecule has 0 fully saturated rings. The summed E-state index contributed by atoms with van der Waals surface area (Å²) in [6.45, 7) is 5.68. The summed E-state index contributed by atoms with van der Waals surface area (Å²) in [4.78, 5) is 11.1. The number of aromatic nitrogens is 1. The van der Waals surface area contributed by atoms with Crippen molar-refractivity contribution in [1.82, 2.24) is 4.57 Å². The van der Waals surface area contributed by atoms with E-state index in [0.29, 0.717) is 0 Å². The molecule has 1 aromatic heterocycles. The Kier molecular flexibility index (Phi) is 4.34. The topological polar surface area (TPSA) is 89.8 Å². The van der Waals surface area contributed by atoms with E-state index in [0.717, 1.165) is 28.2 Å². The molecule has 1 aromatic carbocycles. The van der Waals surface area contributed by atoms with Crippen LogP contribution in [0.1, 0.15) is 32.9 Å². The van der Waals surface area contributed by atoms with Crippen molar-refractivity contribution in [1.29, 1.82) is 10.5 Å². The maximum Gasteiger partial charge on any atom is 0.335 e. The van der Waals surface area contributed by atoms with Gasteiger partial charge in [-0.15, -0.1) is 0 Å². The Morgan fingerprint density at radius 1 is 1.17 bits per heavy atom. The Hall–Kier alpha value is -3.31. The van der Waals surface area contributed by atoms with Crippen LogP contribution >= 0.6 is 0 Å². The number of nitrogens with zero attached hydrogens (tertiary/aromatic N) is 3. The number of aryl methyl sites for hydroxylation is 2. The van der Waals surface area contributed by atoms with Crippen LogP contribution in [-0.4, -0.2) is 15.6 Å². The van der Waals surface area contributed by atoms with E-state index in [1.165, 1.54) is 0 Å². The predicted molar refractivity (Wildman–Crippen MR) is 86.1 cm³/mol. The van der Waals surface area contributed by atoms with Crippen molar-refractivity contribution in [3.05, 3.63) is 57.9 Å². The van der Waals surface area contributed by atoms with Crippen molar-refractivity contribution in [2.24, 2.45) is 0 Å². The molecular formula is C18H15N3O2. The van der Waals surface area contributed by atoms with Crippen LogP contribution < -0.4 is 0 Å². The van der Waals surface area contributed by atoms with E-state index >= 15 is 0 Å². The Morgan fingerprint density at radius 2 is 1.83 bits per heavy atom. The molecule has 114 valence electrons. The molecule has 0 aliphatic carbocycles. The number of nitriles is 2. The third-order valence-corrected chi connectivity index (χ3v) is 3.70. The average molecular weight is 305 g/mol. The highest BCUT2D eigenvalue weighted by molar-refractivity contribution is 5.88. The van der Waals surface area contributed by atoms with Crippen LogP contribution in [0.15, 0.2) is 29.8 Å². The van der Waals surface area contributed by atoms with Crippen molar-refractivity contribution >= 4 is 12.0 Å². The largest absolute Gasteiger partial charge is 0.478 e. The zero-order valence-electron chi connectivity index (χ0n) is 13.1. The van der Waals surface area contributed by atoms with E-state index in [9.17, 15) is 4.79 Å². The molecule has 0 amide bonds. The van der Waals surface area contributed by atoms with E-state index in [1.54, 1.807) is 24.3 Å². The van der Waals surface area contributed by atoms with Crippen molar-refractivity contribution < 1.29 is 9.90 Å². The quantitative estimate of drug-likeness (QED) is 0.878. The number of hydrogen-bond donors (Lipinski definition) is 1. The van der Waals surface area contributed by atoms with E-state index < -0.39 is 5.97 Å². The monoisotopic (exact) mass is 305 g/mol. The molecule has 0 saturated carbocycles. The molecule has 0 bridgehead atoms. The first-order valence-corrected chi connectivity index (χ1v) is 6.94. The van der Waals surface area contributed by atoms with Gasteiger partial charge in [-0.2, -0.15) is 10.5 Å². The lowest BCUT2D eigenvalue weighted by molar-refractivity contribution is 0.0697. The summed E-state index contributed by atoms with van der Waals surface area (Å²) in [5.41, 5.74) is 4.62. The lowest BCUT2D eigenvalue weighted by Gasteiger charge is -2.13. The van der Waals surface area contributed by atoms with Gasteiger partial charge in [0, 0.05) is 17.1 Å². The van der Waals surface area contributed by atoms with Crippen LogP contribution in [0.5, 0.6) is 0 Å². The number of carboxylic acid groups (broad SMARTS) is 1. The molecule has 1 heterocycles. The van der Waals surface area contributed by atoms with Crippen LogP contribution in [-0.2, 0) is 0 Å². The van der Waals surface area contributed by atoms with Crippen LogP contribution in [0.4, 0.5) is 0 Å². The Bertz CT molecular complexity index is 890. The van der Waals surface area contributed by atoms with Crippen LogP contribution in [0.2, 0.25) is 0 Å². The summed E-state index contributed by atoms with van der Waals surface area (Å²) in [7, 11) is 0. The van der Waals surface area contributed by atoms with Crippen molar-refractivity contribution in [2.75, 3.05) is 0 Å². The minimum atomic E-state index is -0.961. The van der Waals surface area contributed by atoms with Crippen molar-refractivity contribution in [3.63, 3.8) is 0 Å². The van der Waals surface area contributed by atoms with E-state index in [1.807, 2.05) is 43.5 Å². The van der Waals surface area contributed by atoms with Gasteiger partial charge >= 0.3 is 5.97 Å². The Labute approximate surface area is 134 Å². The van der Waals surface area contributed by atoms with Crippen LogP contribution in [0, 0.1) is 43.4 Å². The first-order chi connectivity index (χ1) is 10.9. The molecule has 23 heavy (non-hydrogen) atoms. The average Bonchev–Trinajstić information content (AvgIpc) is 2.79. The fourth-order valence-corrected chi connectivity index (χ4v) is 2.59. The van der Waals surface area contributed by atoms with E-state index in [-0.39, 0.29) is 11.1 Å². The Morgan fingerprint density at radius 3 is 2.35 bits per heavy atom. The van der Waals surface area contributed by atoms with Gasteiger partial charge in [0.25, 0.3) is 0 Å². The second kappa shape index (κ2) is 6.21. The number of rotatable bonds is 3. The highest BCUT2D eigenvalue weighted by Crippen LogP contribution is 2.25. The molecule has 0 saturated heterocycles. The number of benzene rings is 1. The van der Waals surface area contributed by atoms with Gasteiger partial charge in [-0.25, -0.2) is 4.79 Å². The van der Waals surface area contributed by atoms with Crippen molar-refractivity contribution in [3.8, 4) is 17.8 Å². The number of carbonyl (C=O) groups is 1. The summed E-state index contributed by atoms with van der Waals surface area (Å²) >= 11 is 0. The van der Waals surface area contributed by atoms with Gasteiger partial charge in [-0.3, -0.25) is 0 Å². The van der Waals surface area contributed by atoms with Gasteiger partial charge < -0.3 is 9.67 Å². The standard InChI is InChI=1S/C18H15N3O2/c1-11-6-15(18(22)23)4-5-17(11)21-12(2)7-16(13(21)3)8-14(9-19)10-20/h4-8H,1-3H3,(H,22,23). The zero-order chi connectivity index (χ0) is 17.1. The molecule has 0 unspecified atom stereocenters. The van der Waals surface area contributed by atoms with Gasteiger partial charge in [-0.1, -0.05) is 0 Å². The van der Waals surface area contributed by atoms with Gasteiger partial charge in [0.2, 0.25) is 0 Å². The maximum absolute atomic E-state index is 11.1. The van der Waals surface area contributed by atoms with Gasteiger partial charge in [0.15, 0.2) is 0 Å². The molecule has 5 heteroatoms. The molecular weight excluding hydrogens is 290 g/mol. The third kappa shape index (κ3) is 3.00. The number of carboxylic acids is 1.